The van der Waals surface area contributed by atoms with E-state index in [0.29, 0.717) is 18.5 Å². The summed E-state index contributed by atoms with van der Waals surface area (Å²) in [5, 5.41) is 5.51. The minimum Gasteiger partial charge on any atom is -0.325 e. The zero-order valence-electron chi connectivity index (χ0n) is 17.8. The molecule has 2 aromatic heterocycles. The van der Waals surface area contributed by atoms with Crippen molar-refractivity contribution in [1.82, 2.24) is 19.6 Å². The zero-order valence-corrected chi connectivity index (χ0v) is 17.8. The largest absolute Gasteiger partial charge is 0.325 e. The van der Waals surface area contributed by atoms with Crippen molar-refractivity contribution in [2.24, 2.45) is 0 Å². The molecule has 3 heterocycles. The smallest absolute Gasteiger partial charge is 0.325 e. The highest BCUT2D eigenvalue weighted by Gasteiger charge is 2.49. The summed E-state index contributed by atoms with van der Waals surface area (Å²) >= 11 is 0. The Labute approximate surface area is 180 Å². The van der Waals surface area contributed by atoms with Crippen LogP contribution in [0.25, 0.3) is 16.9 Å². The van der Waals surface area contributed by atoms with Gasteiger partial charge in [0, 0.05) is 23.6 Å². The molecule has 0 spiro atoms. The molecule has 3 aromatic rings. The minimum absolute atomic E-state index is 0.329. The number of amides is 4. The van der Waals surface area contributed by atoms with Crippen LogP contribution in [0.2, 0.25) is 0 Å². The molecule has 1 fully saturated rings. The van der Waals surface area contributed by atoms with Gasteiger partial charge in [0.15, 0.2) is 0 Å². The molecule has 4 amide bonds. The average molecular weight is 419 g/mol. The van der Waals surface area contributed by atoms with Crippen LogP contribution in [0.5, 0.6) is 0 Å². The van der Waals surface area contributed by atoms with Crippen LogP contribution in [-0.2, 0) is 9.59 Å². The summed E-state index contributed by atoms with van der Waals surface area (Å²) in [4.78, 5) is 43.1. The molecule has 4 rings (SSSR count). The number of hydrogen-bond acceptors (Lipinski definition) is 4. The van der Waals surface area contributed by atoms with Gasteiger partial charge in [-0.15, -0.1) is 0 Å². The van der Waals surface area contributed by atoms with E-state index in [-0.39, 0.29) is 12.5 Å². The summed E-state index contributed by atoms with van der Waals surface area (Å²) in [6.07, 6.45) is 4.84. The Morgan fingerprint density at radius 3 is 2.65 bits per heavy atom. The monoisotopic (exact) mass is 419 g/mol. The highest BCUT2D eigenvalue weighted by molar-refractivity contribution is 6.10. The van der Waals surface area contributed by atoms with Crippen molar-refractivity contribution in [1.29, 1.82) is 0 Å². The number of carbonyl (C=O) groups excluding carboxylic acids is 3. The third-order valence-corrected chi connectivity index (χ3v) is 5.81. The molecule has 1 saturated heterocycles. The van der Waals surface area contributed by atoms with E-state index in [1.54, 1.807) is 6.07 Å². The van der Waals surface area contributed by atoms with Crippen LogP contribution in [0.3, 0.4) is 0 Å². The second-order valence-corrected chi connectivity index (χ2v) is 7.84. The molecule has 31 heavy (non-hydrogen) atoms. The first-order valence-electron chi connectivity index (χ1n) is 10.3. The highest BCUT2D eigenvalue weighted by atomic mass is 16.2. The number of rotatable bonds is 6. The molecule has 8 heteroatoms. The van der Waals surface area contributed by atoms with Crippen LogP contribution < -0.4 is 10.6 Å². The molecule has 1 aliphatic heterocycles. The summed E-state index contributed by atoms with van der Waals surface area (Å²) in [5.74, 6) is -0.791. The first kappa shape index (κ1) is 20.6. The van der Waals surface area contributed by atoms with Crippen molar-refractivity contribution in [2.45, 2.75) is 39.2 Å². The molecule has 0 bridgehead atoms. The topological polar surface area (TPSA) is 95.8 Å². The lowest BCUT2D eigenvalue weighted by atomic mass is 9.93. The van der Waals surface area contributed by atoms with Crippen LogP contribution in [-0.4, -0.2) is 44.2 Å². The van der Waals surface area contributed by atoms with E-state index < -0.39 is 17.5 Å². The van der Waals surface area contributed by atoms with E-state index in [4.69, 9.17) is 0 Å². The van der Waals surface area contributed by atoms with Crippen LogP contribution in [0.4, 0.5) is 10.5 Å². The molecule has 0 unspecified atom stereocenters. The number of nitrogens with zero attached hydrogens (tertiary/aromatic N) is 3. The lowest BCUT2D eigenvalue weighted by molar-refractivity contribution is -0.134. The fraction of sp³-hybridized carbons (Fsp3) is 0.304. The quantitative estimate of drug-likeness (QED) is 0.599. The molecule has 1 aliphatic rings. The molecular formula is C23H25N5O3. The Morgan fingerprint density at radius 2 is 1.94 bits per heavy atom. The fourth-order valence-electron chi connectivity index (χ4n) is 3.87. The van der Waals surface area contributed by atoms with Crippen LogP contribution in [0, 0.1) is 6.92 Å². The summed E-state index contributed by atoms with van der Waals surface area (Å²) < 4.78 is 1.94. The standard InChI is InChI=1S/C23H25N5O3/c1-4-23(5-2)21(30)28(22(31)26-23)14-20(29)24-17-8-6-7-16(12-17)18-13-27-10-9-15(3)11-19(27)25-18/h6-13H,4-5,14H2,1-3H3,(H,24,29)(H,26,31). The Kier molecular flexibility index (Phi) is 5.22. The normalized spacial score (nSPS) is 15.4. The second-order valence-electron chi connectivity index (χ2n) is 7.84. The molecule has 0 aliphatic carbocycles. The molecular weight excluding hydrogens is 394 g/mol. The van der Waals surface area contributed by atoms with Gasteiger partial charge < -0.3 is 15.0 Å². The number of fused-ring (bicyclic) bond motifs is 1. The number of benzene rings is 1. The summed E-state index contributed by atoms with van der Waals surface area (Å²) in [5.41, 5.74) is 3.26. The van der Waals surface area contributed by atoms with E-state index in [9.17, 15) is 14.4 Å². The minimum atomic E-state index is -0.918. The van der Waals surface area contributed by atoms with E-state index in [2.05, 4.69) is 15.6 Å². The SMILES string of the molecule is CCC1(CC)NC(=O)N(CC(=O)Nc2cccc(-c3cn4ccc(C)cc4n3)c2)C1=O. The van der Waals surface area contributed by atoms with E-state index in [1.807, 2.05) is 67.9 Å². The van der Waals surface area contributed by atoms with Crippen LogP contribution in [0.1, 0.15) is 32.3 Å². The van der Waals surface area contributed by atoms with E-state index in [1.165, 1.54) is 0 Å². The first-order valence-corrected chi connectivity index (χ1v) is 10.3. The predicted molar refractivity (Wildman–Crippen MR) is 118 cm³/mol. The number of urea groups is 1. The number of hydrogen-bond donors (Lipinski definition) is 2. The van der Waals surface area contributed by atoms with Gasteiger partial charge in [-0.2, -0.15) is 0 Å². The predicted octanol–water partition coefficient (Wildman–Crippen LogP) is 3.36. The van der Waals surface area contributed by atoms with Gasteiger partial charge in [-0.05, 0) is 49.6 Å². The summed E-state index contributed by atoms with van der Waals surface area (Å²) in [7, 11) is 0. The van der Waals surface area contributed by atoms with Gasteiger partial charge in [0.25, 0.3) is 5.91 Å². The van der Waals surface area contributed by atoms with Crippen molar-refractivity contribution in [3.05, 3.63) is 54.4 Å². The Bertz CT molecular complexity index is 1180. The van der Waals surface area contributed by atoms with Crippen LogP contribution in [0.15, 0.2) is 48.8 Å². The van der Waals surface area contributed by atoms with E-state index in [0.717, 1.165) is 27.4 Å². The number of nitrogens with one attached hydrogen (secondary N) is 2. The molecule has 2 N–H and O–H groups in total. The van der Waals surface area contributed by atoms with Crippen molar-refractivity contribution >= 4 is 29.2 Å². The maximum absolute atomic E-state index is 12.7. The number of imidazole rings is 1. The molecule has 160 valence electrons. The maximum Gasteiger partial charge on any atom is 0.325 e. The van der Waals surface area contributed by atoms with Gasteiger partial charge in [0.05, 0.1) is 5.69 Å². The number of aryl methyl sites for hydroxylation is 1. The summed E-state index contributed by atoms with van der Waals surface area (Å²) in [6.45, 7) is 5.38. The summed E-state index contributed by atoms with van der Waals surface area (Å²) in [6, 6.07) is 10.8. The number of carbonyl (C=O) groups is 3. The maximum atomic E-state index is 12.7. The van der Waals surface area contributed by atoms with Gasteiger partial charge in [-0.3, -0.25) is 14.5 Å². The van der Waals surface area contributed by atoms with Gasteiger partial charge in [0.1, 0.15) is 17.7 Å². The van der Waals surface area contributed by atoms with Gasteiger partial charge in [-0.1, -0.05) is 26.0 Å². The molecule has 0 saturated carbocycles. The van der Waals surface area contributed by atoms with Gasteiger partial charge >= 0.3 is 6.03 Å². The second kappa shape index (κ2) is 7.86. The number of anilines is 1. The molecule has 0 radical (unpaired) electrons. The van der Waals surface area contributed by atoms with Crippen molar-refractivity contribution < 1.29 is 14.4 Å². The zero-order chi connectivity index (χ0) is 22.2. The fourth-order valence-corrected chi connectivity index (χ4v) is 3.87. The third-order valence-electron chi connectivity index (χ3n) is 5.81. The molecule has 1 aromatic carbocycles. The number of aromatic nitrogens is 2. The Balaban J connectivity index is 1.49. The van der Waals surface area contributed by atoms with Crippen LogP contribution >= 0.6 is 0 Å². The highest BCUT2D eigenvalue weighted by Crippen LogP contribution is 2.25. The lowest BCUT2D eigenvalue weighted by Gasteiger charge is -2.23. The number of pyridine rings is 1. The third kappa shape index (κ3) is 3.76. The van der Waals surface area contributed by atoms with Crippen molar-refractivity contribution in [3.8, 4) is 11.3 Å². The average Bonchev–Trinajstić information content (AvgIpc) is 3.28. The van der Waals surface area contributed by atoms with Gasteiger partial charge in [0.2, 0.25) is 5.91 Å². The first-order chi connectivity index (χ1) is 14.8. The molecule has 8 nitrogen and oxygen atoms in total. The molecule has 0 atom stereocenters. The van der Waals surface area contributed by atoms with Crippen molar-refractivity contribution in [2.75, 3.05) is 11.9 Å². The van der Waals surface area contributed by atoms with Crippen molar-refractivity contribution in [3.63, 3.8) is 0 Å². The Morgan fingerprint density at radius 1 is 1.16 bits per heavy atom. The lowest BCUT2D eigenvalue weighted by Crippen LogP contribution is -2.46. The van der Waals surface area contributed by atoms with Gasteiger partial charge in [-0.25, -0.2) is 9.78 Å². The number of imide groups is 1. The Hall–Kier alpha value is -3.68. The van der Waals surface area contributed by atoms with E-state index >= 15 is 0 Å².